The van der Waals surface area contributed by atoms with E-state index in [4.69, 9.17) is 5.73 Å². The molecule has 0 aliphatic carbocycles. The quantitative estimate of drug-likeness (QED) is 0.801. The molecular formula is C11H10BrN5S. The van der Waals surface area contributed by atoms with Crippen molar-refractivity contribution < 1.29 is 0 Å². The Bertz CT molecular complexity index is 690. The minimum atomic E-state index is 0.410. The maximum atomic E-state index is 5.50. The van der Waals surface area contributed by atoms with Gasteiger partial charge in [0.05, 0.1) is 28.7 Å². The lowest BCUT2D eigenvalue weighted by atomic mass is 10.3. The molecule has 2 heterocycles. The zero-order valence-corrected chi connectivity index (χ0v) is 11.8. The lowest BCUT2D eigenvalue weighted by Gasteiger charge is -1.93. The van der Waals surface area contributed by atoms with Crippen molar-refractivity contribution in [2.45, 2.75) is 13.1 Å². The van der Waals surface area contributed by atoms with Crippen LogP contribution < -0.4 is 5.73 Å². The summed E-state index contributed by atoms with van der Waals surface area (Å²) >= 11 is 5.11. The first kappa shape index (κ1) is 11.8. The van der Waals surface area contributed by atoms with Crippen LogP contribution in [0.4, 0.5) is 0 Å². The van der Waals surface area contributed by atoms with Gasteiger partial charge in [-0.05, 0) is 18.2 Å². The topological polar surface area (TPSA) is 69.6 Å². The third-order valence-corrected chi connectivity index (χ3v) is 4.00. The Morgan fingerprint density at radius 3 is 3.06 bits per heavy atom. The third-order valence-electron chi connectivity index (χ3n) is 2.49. The third kappa shape index (κ3) is 2.29. The molecule has 2 aromatic heterocycles. The summed E-state index contributed by atoms with van der Waals surface area (Å²) in [5.41, 5.74) is 7.29. The minimum absolute atomic E-state index is 0.410. The first-order valence-corrected chi connectivity index (χ1v) is 6.99. The van der Waals surface area contributed by atoms with E-state index in [1.807, 2.05) is 18.3 Å². The first-order chi connectivity index (χ1) is 8.74. The minimum Gasteiger partial charge on any atom is -0.325 e. The Morgan fingerprint density at radius 2 is 2.28 bits per heavy atom. The number of benzene rings is 1. The molecule has 2 N–H and O–H groups in total. The van der Waals surface area contributed by atoms with Crippen molar-refractivity contribution in [2.75, 3.05) is 0 Å². The van der Waals surface area contributed by atoms with Crippen LogP contribution in [0.5, 0.6) is 0 Å². The molecule has 0 unspecified atom stereocenters. The fourth-order valence-electron chi connectivity index (χ4n) is 1.66. The number of fused-ring (bicyclic) bond motifs is 1. The molecule has 0 atom stereocenters. The van der Waals surface area contributed by atoms with E-state index in [0.717, 1.165) is 20.7 Å². The summed E-state index contributed by atoms with van der Waals surface area (Å²) < 4.78 is 3.97. The maximum Gasteiger partial charge on any atom is 0.115 e. The highest BCUT2D eigenvalue weighted by molar-refractivity contribution is 9.10. The Hall–Kier alpha value is -1.31. The van der Waals surface area contributed by atoms with Crippen LogP contribution in [0.3, 0.4) is 0 Å². The molecule has 0 aliphatic rings. The Labute approximate surface area is 116 Å². The van der Waals surface area contributed by atoms with Gasteiger partial charge in [0.2, 0.25) is 0 Å². The summed E-state index contributed by atoms with van der Waals surface area (Å²) in [6.45, 7) is 1.04. The number of halogens is 1. The number of aromatic nitrogens is 4. The lowest BCUT2D eigenvalue weighted by Crippen LogP contribution is -1.99. The number of thiazole rings is 1. The SMILES string of the molecule is NCc1cn(Cc2nc3cc(Br)ccc3s2)nn1. The van der Waals surface area contributed by atoms with Gasteiger partial charge in [-0.15, -0.1) is 16.4 Å². The number of nitrogens with zero attached hydrogens (tertiary/aromatic N) is 4. The van der Waals surface area contributed by atoms with Crippen LogP contribution in [-0.4, -0.2) is 20.0 Å². The monoisotopic (exact) mass is 323 g/mol. The zero-order valence-electron chi connectivity index (χ0n) is 9.38. The van der Waals surface area contributed by atoms with Crippen LogP contribution in [0.2, 0.25) is 0 Å². The smallest absolute Gasteiger partial charge is 0.115 e. The molecule has 0 aliphatic heterocycles. The Kier molecular flexibility index (Phi) is 3.11. The van der Waals surface area contributed by atoms with Crippen LogP contribution in [0.25, 0.3) is 10.2 Å². The number of rotatable bonds is 3. The normalized spacial score (nSPS) is 11.2. The van der Waals surface area contributed by atoms with Crippen LogP contribution in [0, 0.1) is 0 Å². The van der Waals surface area contributed by atoms with Gasteiger partial charge in [-0.1, -0.05) is 21.1 Å². The lowest BCUT2D eigenvalue weighted by molar-refractivity contribution is 0.647. The largest absolute Gasteiger partial charge is 0.325 e. The second kappa shape index (κ2) is 4.75. The van der Waals surface area contributed by atoms with E-state index in [9.17, 15) is 0 Å². The van der Waals surface area contributed by atoms with E-state index in [1.54, 1.807) is 16.0 Å². The van der Waals surface area contributed by atoms with Gasteiger partial charge < -0.3 is 5.73 Å². The fourth-order valence-corrected chi connectivity index (χ4v) is 2.95. The standard InChI is InChI=1S/C11H10BrN5S/c12-7-1-2-10-9(3-7)14-11(18-10)6-17-5-8(4-13)15-16-17/h1-3,5H,4,6,13H2. The van der Waals surface area contributed by atoms with Crippen molar-refractivity contribution in [1.82, 2.24) is 20.0 Å². The van der Waals surface area contributed by atoms with Gasteiger partial charge in [0.1, 0.15) is 5.01 Å². The van der Waals surface area contributed by atoms with E-state index >= 15 is 0 Å². The van der Waals surface area contributed by atoms with Crippen molar-refractivity contribution in [3.05, 3.63) is 39.6 Å². The molecule has 3 rings (SSSR count). The molecule has 18 heavy (non-hydrogen) atoms. The number of hydrogen-bond acceptors (Lipinski definition) is 5. The predicted molar refractivity (Wildman–Crippen MR) is 74.3 cm³/mol. The van der Waals surface area contributed by atoms with E-state index in [2.05, 4.69) is 37.3 Å². The predicted octanol–water partition coefficient (Wildman–Crippen LogP) is 2.16. The van der Waals surface area contributed by atoms with Gasteiger partial charge in [-0.2, -0.15) is 0 Å². The molecule has 0 spiro atoms. The molecule has 0 saturated carbocycles. The fraction of sp³-hybridized carbons (Fsp3) is 0.182. The Balaban J connectivity index is 1.90. The Morgan fingerprint density at radius 1 is 1.39 bits per heavy atom. The summed E-state index contributed by atoms with van der Waals surface area (Å²) in [7, 11) is 0. The van der Waals surface area contributed by atoms with Gasteiger partial charge in [0.15, 0.2) is 0 Å². The summed E-state index contributed by atoms with van der Waals surface area (Å²) in [5.74, 6) is 0. The summed E-state index contributed by atoms with van der Waals surface area (Å²) in [6, 6.07) is 6.10. The van der Waals surface area contributed by atoms with Crippen LogP contribution >= 0.6 is 27.3 Å². The maximum absolute atomic E-state index is 5.50. The molecule has 3 aromatic rings. The molecule has 0 fully saturated rings. The van der Waals surface area contributed by atoms with Gasteiger partial charge in [-0.3, -0.25) is 0 Å². The van der Waals surface area contributed by atoms with E-state index in [1.165, 1.54) is 4.70 Å². The molecule has 0 radical (unpaired) electrons. The molecule has 1 aromatic carbocycles. The van der Waals surface area contributed by atoms with Gasteiger partial charge in [0.25, 0.3) is 0 Å². The molecular weight excluding hydrogens is 314 g/mol. The highest BCUT2D eigenvalue weighted by Gasteiger charge is 2.06. The molecule has 0 amide bonds. The van der Waals surface area contributed by atoms with Crippen molar-refractivity contribution in [1.29, 1.82) is 0 Å². The van der Waals surface area contributed by atoms with Crippen molar-refractivity contribution >= 4 is 37.5 Å². The first-order valence-electron chi connectivity index (χ1n) is 5.38. The highest BCUT2D eigenvalue weighted by Crippen LogP contribution is 2.25. The number of hydrogen-bond donors (Lipinski definition) is 1. The summed E-state index contributed by atoms with van der Waals surface area (Å²) in [4.78, 5) is 4.57. The van der Waals surface area contributed by atoms with Crippen molar-refractivity contribution in [3.63, 3.8) is 0 Å². The van der Waals surface area contributed by atoms with E-state index < -0.39 is 0 Å². The van der Waals surface area contributed by atoms with Gasteiger partial charge in [-0.25, -0.2) is 9.67 Å². The number of nitrogens with two attached hydrogens (primary N) is 1. The molecule has 5 nitrogen and oxygen atoms in total. The van der Waals surface area contributed by atoms with E-state index in [0.29, 0.717) is 13.1 Å². The second-order valence-electron chi connectivity index (χ2n) is 3.83. The van der Waals surface area contributed by atoms with Gasteiger partial charge >= 0.3 is 0 Å². The van der Waals surface area contributed by atoms with Crippen molar-refractivity contribution in [3.8, 4) is 0 Å². The molecule has 0 bridgehead atoms. The van der Waals surface area contributed by atoms with Crippen LogP contribution in [0.1, 0.15) is 10.7 Å². The van der Waals surface area contributed by atoms with Crippen molar-refractivity contribution in [2.24, 2.45) is 5.73 Å². The highest BCUT2D eigenvalue weighted by atomic mass is 79.9. The van der Waals surface area contributed by atoms with Crippen LogP contribution in [0.15, 0.2) is 28.9 Å². The molecule has 7 heteroatoms. The summed E-state index contributed by atoms with van der Waals surface area (Å²) in [5, 5.41) is 8.98. The zero-order chi connectivity index (χ0) is 12.5. The average Bonchev–Trinajstić information content (AvgIpc) is 2.95. The second-order valence-corrected chi connectivity index (χ2v) is 5.86. The molecule has 0 saturated heterocycles. The summed E-state index contributed by atoms with van der Waals surface area (Å²) in [6.07, 6.45) is 1.85. The van der Waals surface area contributed by atoms with Crippen LogP contribution in [-0.2, 0) is 13.1 Å². The van der Waals surface area contributed by atoms with E-state index in [-0.39, 0.29) is 0 Å². The average molecular weight is 324 g/mol. The van der Waals surface area contributed by atoms with Gasteiger partial charge in [0, 0.05) is 11.0 Å². The molecule has 92 valence electrons.